The molecule has 1 aliphatic rings. The third-order valence-electron chi connectivity index (χ3n) is 6.68. The first-order valence-corrected chi connectivity index (χ1v) is 14.8. The quantitative estimate of drug-likeness (QED) is 0.168. The molecule has 0 saturated carbocycles. The summed E-state index contributed by atoms with van der Waals surface area (Å²) >= 11 is 0. The number of hydrogen-bond acceptors (Lipinski definition) is 8. The van der Waals surface area contributed by atoms with E-state index in [0.717, 1.165) is 40.4 Å². The van der Waals surface area contributed by atoms with Crippen molar-refractivity contribution in [3.05, 3.63) is 60.0 Å². The first-order valence-electron chi connectivity index (χ1n) is 14.1. The van der Waals surface area contributed by atoms with Crippen molar-refractivity contribution in [2.45, 2.75) is 53.9 Å². The molecule has 3 unspecified atom stereocenters. The van der Waals surface area contributed by atoms with Crippen LogP contribution in [-0.4, -0.2) is 45.2 Å². The summed E-state index contributed by atoms with van der Waals surface area (Å²) in [6.45, 7) is 13.5. The van der Waals surface area contributed by atoms with E-state index < -0.39 is 5.91 Å². The molecule has 0 spiro atoms. The standard InChI is InChI=1S/C29H33FN7OP.C2H6/c1-17(2)13-31-23-12-22(7-5-18(23)3)38-25-8-6-21(11-19(25)4)35-28-26-24(33-16-34-28)14-32-29(36-26)37-10-9-20(15-37)27(30)39;1-2/h5-8,11-14,16-17,20,27H,9-10,15,39H2,1-4H3,(H,33,34,35);1-2H3. The Kier molecular flexibility index (Phi) is 10.2. The van der Waals surface area contributed by atoms with Gasteiger partial charge in [0, 0.05) is 37.0 Å². The van der Waals surface area contributed by atoms with Gasteiger partial charge in [0.2, 0.25) is 5.95 Å². The number of hydrogen-bond donors (Lipinski definition) is 1. The zero-order valence-corrected chi connectivity index (χ0v) is 25.8. The maximum atomic E-state index is 13.8. The highest BCUT2D eigenvalue weighted by Crippen LogP contribution is 2.33. The summed E-state index contributed by atoms with van der Waals surface area (Å²) in [5.74, 6) is 2.02. The molecule has 5 rings (SSSR count). The highest BCUT2D eigenvalue weighted by molar-refractivity contribution is 7.17. The molecule has 216 valence electrons. The van der Waals surface area contributed by atoms with E-state index in [-0.39, 0.29) is 5.92 Å². The van der Waals surface area contributed by atoms with Gasteiger partial charge in [-0.3, -0.25) is 4.99 Å². The van der Waals surface area contributed by atoms with Crippen molar-refractivity contribution < 1.29 is 9.13 Å². The second kappa shape index (κ2) is 13.8. The molecule has 1 fully saturated rings. The molecular formula is C31H39FN7OP. The van der Waals surface area contributed by atoms with Crippen LogP contribution in [0.5, 0.6) is 11.5 Å². The highest BCUT2D eigenvalue weighted by atomic mass is 31.0. The van der Waals surface area contributed by atoms with Crippen molar-refractivity contribution in [1.29, 1.82) is 0 Å². The highest BCUT2D eigenvalue weighted by Gasteiger charge is 2.29. The predicted molar refractivity (Wildman–Crippen MR) is 170 cm³/mol. The predicted octanol–water partition coefficient (Wildman–Crippen LogP) is 7.95. The van der Waals surface area contributed by atoms with Gasteiger partial charge in [0.25, 0.3) is 0 Å². The summed E-state index contributed by atoms with van der Waals surface area (Å²) in [6, 6.07) is 11.8. The largest absolute Gasteiger partial charge is 0.457 e. The third kappa shape index (κ3) is 7.53. The minimum atomic E-state index is -0.933. The fraction of sp³-hybridized carbons (Fsp3) is 0.387. The fourth-order valence-electron chi connectivity index (χ4n) is 4.44. The Morgan fingerprint density at radius 3 is 2.61 bits per heavy atom. The molecule has 3 atom stereocenters. The molecule has 1 saturated heterocycles. The third-order valence-corrected chi connectivity index (χ3v) is 7.22. The molecule has 3 heterocycles. The number of benzene rings is 2. The monoisotopic (exact) mass is 575 g/mol. The summed E-state index contributed by atoms with van der Waals surface area (Å²) in [7, 11) is 2.26. The average Bonchev–Trinajstić information content (AvgIpc) is 3.47. The zero-order chi connectivity index (χ0) is 29.5. The molecule has 1 aliphatic heterocycles. The number of fused-ring (bicyclic) bond motifs is 1. The molecule has 4 aromatic rings. The lowest BCUT2D eigenvalue weighted by Gasteiger charge is -2.17. The first kappa shape index (κ1) is 30.3. The lowest BCUT2D eigenvalue weighted by molar-refractivity contribution is 0.344. The molecule has 10 heteroatoms. The Morgan fingerprint density at radius 2 is 1.90 bits per heavy atom. The van der Waals surface area contributed by atoms with Crippen LogP contribution in [0.2, 0.25) is 0 Å². The Balaban J connectivity index is 0.00000189. The second-order valence-corrected chi connectivity index (χ2v) is 10.9. The minimum absolute atomic E-state index is 0.0399. The molecule has 0 bridgehead atoms. The summed E-state index contributed by atoms with van der Waals surface area (Å²) in [6.07, 6.45) is 5.89. The molecule has 41 heavy (non-hydrogen) atoms. The maximum Gasteiger partial charge on any atom is 0.226 e. The van der Waals surface area contributed by atoms with Crippen molar-refractivity contribution >= 4 is 49.6 Å². The van der Waals surface area contributed by atoms with Gasteiger partial charge in [0.15, 0.2) is 5.82 Å². The number of aliphatic imine (C=N–C) groups is 1. The topological polar surface area (TPSA) is 88.4 Å². The molecule has 1 N–H and O–H groups in total. The Morgan fingerprint density at radius 1 is 1.10 bits per heavy atom. The number of ether oxygens (including phenoxy) is 1. The second-order valence-electron chi connectivity index (χ2n) is 10.2. The van der Waals surface area contributed by atoms with Gasteiger partial charge < -0.3 is 15.0 Å². The summed E-state index contributed by atoms with van der Waals surface area (Å²) < 4.78 is 20.0. The van der Waals surface area contributed by atoms with Crippen LogP contribution < -0.4 is 15.0 Å². The van der Waals surface area contributed by atoms with Crippen molar-refractivity contribution in [1.82, 2.24) is 19.9 Å². The van der Waals surface area contributed by atoms with Gasteiger partial charge in [-0.25, -0.2) is 24.3 Å². The van der Waals surface area contributed by atoms with E-state index in [1.165, 1.54) is 6.33 Å². The number of nitrogens with zero attached hydrogens (tertiary/aromatic N) is 6. The van der Waals surface area contributed by atoms with Gasteiger partial charge in [-0.15, -0.1) is 9.24 Å². The van der Waals surface area contributed by atoms with Crippen molar-refractivity contribution in [3.8, 4) is 11.5 Å². The number of aryl methyl sites for hydroxylation is 2. The Bertz CT molecular complexity index is 1510. The summed E-state index contributed by atoms with van der Waals surface area (Å²) in [5.41, 5.74) is 5.05. The van der Waals surface area contributed by atoms with Crippen LogP contribution in [0, 0.1) is 25.7 Å². The van der Waals surface area contributed by atoms with Gasteiger partial charge in [0.1, 0.15) is 34.8 Å². The van der Waals surface area contributed by atoms with Crippen LogP contribution in [-0.2, 0) is 0 Å². The summed E-state index contributed by atoms with van der Waals surface area (Å²) in [5, 5.41) is 3.37. The van der Waals surface area contributed by atoms with Crippen LogP contribution in [0.4, 0.5) is 27.5 Å². The average molecular weight is 576 g/mol. The fourth-order valence-corrected chi connectivity index (χ4v) is 4.76. The van der Waals surface area contributed by atoms with E-state index in [0.29, 0.717) is 41.8 Å². The Labute approximate surface area is 244 Å². The lowest BCUT2D eigenvalue weighted by Crippen LogP contribution is -2.23. The molecular weight excluding hydrogens is 536 g/mol. The van der Waals surface area contributed by atoms with Crippen LogP contribution >= 0.6 is 9.24 Å². The number of rotatable bonds is 8. The molecule has 2 aromatic heterocycles. The minimum Gasteiger partial charge on any atom is -0.457 e. The van der Waals surface area contributed by atoms with Crippen molar-refractivity contribution in [2.75, 3.05) is 23.3 Å². The maximum absolute atomic E-state index is 13.8. The van der Waals surface area contributed by atoms with E-state index in [1.807, 2.05) is 75.2 Å². The molecule has 0 amide bonds. The number of halogens is 1. The van der Waals surface area contributed by atoms with Gasteiger partial charge in [-0.1, -0.05) is 33.8 Å². The van der Waals surface area contributed by atoms with Gasteiger partial charge in [0.05, 0.1) is 11.9 Å². The first-order chi connectivity index (χ1) is 19.8. The van der Waals surface area contributed by atoms with Gasteiger partial charge in [-0.2, -0.15) is 0 Å². The molecule has 0 radical (unpaired) electrons. The van der Waals surface area contributed by atoms with E-state index in [2.05, 4.69) is 48.3 Å². The number of alkyl halides is 1. The van der Waals surface area contributed by atoms with Crippen LogP contribution in [0.15, 0.2) is 53.9 Å². The molecule has 2 aromatic carbocycles. The van der Waals surface area contributed by atoms with E-state index in [4.69, 9.17) is 9.72 Å². The van der Waals surface area contributed by atoms with Gasteiger partial charge >= 0.3 is 0 Å². The van der Waals surface area contributed by atoms with E-state index >= 15 is 0 Å². The van der Waals surface area contributed by atoms with Crippen molar-refractivity contribution in [3.63, 3.8) is 0 Å². The molecule has 0 aliphatic carbocycles. The number of nitrogens with one attached hydrogen (secondary N) is 1. The van der Waals surface area contributed by atoms with Crippen LogP contribution in [0.1, 0.15) is 45.2 Å². The molecule has 8 nitrogen and oxygen atoms in total. The van der Waals surface area contributed by atoms with E-state index in [9.17, 15) is 4.39 Å². The van der Waals surface area contributed by atoms with Crippen LogP contribution in [0.25, 0.3) is 11.0 Å². The number of anilines is 3. The normalized spacial score (nSPS) is 15.7. The lowest BCUT2D eigenvalue weighted by atomic mass is 10.1. The van der Waals surface area contributed by atoms with E-state index in [1.54, 1.807) is 6.20 Å². The number of aromatic nitrogens is 4. The van der Waals surface area contributed by atoms with Crippen LogP contribution in [0.3, 0.4) is 0 Å². The Hall–Kier alpha value is -3.71. The van der Waals surface area contributed by atoms with Crippen molar-refractivity contribution in [2.24, 2.45) is 16.8 Å². The van der Waals surface area contributed by atoms with Gasteiger partial charge in [-0.05, 0) is 61.6 Å². The smallest absolute Gasteiger partial charge is 0.226 e. The zero-order valence-electron chi connectivity index (χ0n) is 24.6. The summed E-state index contributed by atoms with van der Waals surface area (Å²) in [4.78, 5) is 24.6. The SMILES string of the molecule is CC.Cc1ccc(Oc2ccc(Nc3ncnc4cnc(N5CCC(C(F)P)C5)nc34)cc2C)cc1N=CC(C)C.